The summed E-state index contributed by atoms with van der Waals surface area (Å²) in [5.41, 5.74) is 1.76. The molecule has 0 aliphatic carbocycles. The van der Waals surface area contributed by atoms with E-state index >= 15 is 0 Å². The molecule has 0 heterocycles. The first kappa shape index (κ1) is 17.8. The fourth-order valence-corrected chi connectivity index (χ4v) is 2.27. The van der Waals surface area contributed by atoms with Crippen LogP contribution in [0.3, 0.4) is 0 Å². The molecule has 1 rings (SSSR count). The molecule has 0 aromatic heterocycles. The maximum atomic E-state index is 10.2. The van der Waals surface area contributed by atoms with E-state index < -0.39 is 6.10 Å². The molecule has 0 aliphatic rings. The maximum Gasteiger partial charge on any atom is 0.122 e. The van der Waals surface area contributed by atoms with Crippen molar-refractivity contribution in [3.8, 4) is 5.75 Å². The lowest BCUT2D eigenvalue weighted by atomic mass is 10.1. The number of hydrogen-bond donors (Lipinski definition) is 3. The predicted octanol–water partition coefficient (Wildman–Crippen LogP) is 1.90. The van der Waals surface area contributed by atoms with E-state index in [0.717, 1.165) is 24.2 Å². The third-order valence-electron chi connectivity index (χ3n) is 3.47. The van der Waals surface area contributed by atoms with Gasteiger partial charge in [-0.1, -0.05) is 13.0 Å². The zero-order valence-electron chi connectivity index (χ0n) is 13.5. The number of phenols is 1. The molecule has 0 saturated heterocycles. The molecular formula is C16H28N2O3. The van der Waals surface area contributed by atoms with Gasteiger partial charge in [0.1, 0.15) is 5.75 Å². The van der Waals surface area contributed by atoms with Crippen molar-refractivity contribution in [3.63, 3.8) is 0 Å². The number of nitrogens with zero attached hydrogens (tertiary/aromatic N) is 1. The Hall–Kier alpha value is -1.30. The Morgan fingerprint density at radius 3 is 2.67 bits per heavy atom. The number of anilines is 1. The highest BCUT2D eigenvalue weighted by molar-refractivity contribution is 5.53. The molecule has 2 atom stereocenters. The lowest BCUT2D eigenvalue weighted by Crippen LogP contribution is -2.31. The summed E-state index contributed by atoms with van der Waals surface area (Å²) in [6.07, 6.45) is 0.510. The summed E-state index contributed by atoms with van der Waals surface area (Å²) in [5.74, 6) is 0.275. The van der Waals surface area contributed by atoms with Crippen LogP contribution < -0.4 is 10.2 Å². The molecular weight excluding hydrogens is 268 g/mol. The zero-order chi connectivity index (χ0) is 15.8. The fourth-order valence-electron chi connectivity index (χ4n) is 2.27. The molecule has 0 bridgehead atoms. The second-order valence-electron chi connectivity index (χ2n) is 5.41. The van der Waals surface area contributed by atoms with Crippen molar-refractivity contribution < 1.29 is 14.9 Å². The van der Waals surface area contributed by atoms with Gasteiger partial charge in [0.25, 0.3) is 0 Å². The number of aliphatic hydroxyl groups is 1. The molecule has 2 unspecified atom stereocenters. The van der Waals surface area contributed by atoms with E-state index in [1.807, 2.05) is 31.0 Å². The standard InChI is InChI=1S/C16H28N2O3/c1-5-8-17-12(2)15-7-6-13(9-16(15)20)18(3)10-14(19)11-21-4/h6-7,9,12,14,17,19-20H,5,8,10-11H2,1-4H3. The van der Waals surface area contributed by atoms with E-state index in [-0.39, 0.29) is 11.8 Å². The lowest BCUT2D eigenvalue weighted by molar-refractivity contribution is 0.0695. The molecule has 0 aliphatic heterocycles. The number of rotatable bonds is 9. The zero-order valence-corrected chi connectivity index (χ0v) is 13.5. The number of aromatic hydroxyl groups is 1. The first-order chi connectivity index (χ1) is 9.99. The highest BCUT2D eigenvalue weighted by Gasteiger charge is 2.13. The quantitative estimate of drug-likeness (QED) is 0.649. The van der Waals surface area contributed by atoms with Crippen LogP contribution in [0, 0.1) is 0 Å². The van der Waals surface area contributed by atoms with Gasteiger partial charge in [-0.2, -0.15) is 0 Å². The van der Waals surface area contributed by atoms with Gasteiger partial charge in [0.05, 0.1) is 12.7 Å². The van der Waals surface area contributed by atoms with Crippen LogP contribution in [0.2, 0.25) is 0 Å². The number of ether oxygens (including phenoxy) is 1. The average Bonchev–Trinajstić information content (AvgIpc) is 2.44. The van der Waals surface area contributed by atoms with Crippen LogP contribution in [0.25, 0.3) is 0 Å². The van der Waals surface area contributed by atoms with Gasteiger partial charge in [-0.25, -0.2) is 0 Å². The molecule has 3 N–H and O–H groups in total. The predicted molar refractivity (Wildman–Crippen MR) is 86.0 cm³/mol. The highest BCUT2D eigenvalue weighted by atomic mass is 16.5. The number of benzene rings is 1. The molecule has 0 fully saturated rings. The van der Waals surface area contributed by atoms with Crippen LogP contribution in [0.15, 0.2) is 18.2 Å². The van der Waals surface area contributed by atoms with Crippen LogP contribution in [-0.4, -0.2) is 50.2 Å². The minimum absolute atomic E-state index is 0.114. The number of methoxy groups -OCH3 is 1. The summed E-state index contributed by atoms with van der Waals surface area (Å²) < 4.78 is 4.92. The van der Waals surface area contributed by atoms with Crippen LogP contribution >= 0.6 is 0 Å². The third-order valence-corrected chi connectivity index (χ3v) is 3.47. The largest absolute Gasteiger partial charge is 0.508 e. The van der Waals surface area contributed by atoms with Gasteiger partial charge in [0, 0.05) is 44.1 Å². The van der Waals surface area contributed by atoms with Crippen molar-refractivity contribution in [1.29, 1.82) is 0 Å². The van der Waals surface area contributed by atoms with Crippen LogP contribution in [0.1, 0.15) is 31.9 Å². The van der Waals surface area contributed by atoms with Crippen molar-refractivity contribution in [2.75, 3.05) is 38.8 Å². The lowest BCUT2D eigenvalue weighted by Gasteiger charge is -2.24. The molecule has 5 heteroatoms. The van der Waals surface area contributed by atoms with E-state index in [1.54, 1.807) is 13.2 Å². The van der Waals surface area contributed by atoms with Crippen molar-refractivity contribution in [2.45, 2.75) is 32.4 Å². The number of likely N-dealkylation sites (N-methyl/N-ethyl adjacent to an activating group) is 1. The van der Waals surface area contributed by atoms with Gasteiger partial charge in [-0.05, 0) is 26.0 Å². The van der Waals surface area contributed by atoms with Crippen molar-refractivity contribution in [3.05, 3.63) is 23.8 Å². The number of nitrogens with one attached hydrogen (secondary N) is 1. The van der Waals surface area contributed by atoms with Gasteiger partial charge in [-0.3, -0.25) is 0 Å². The smallest absolute Gasteiger partial charge is 0.122 e. The summed E-state index contributed by atoms with van der Waals surface area (Å²) in [7, 11) is 3.45. The van der Waals surface area contributed by atoms with E-state index in [2.05, 4.69) is 12.2 Å². The van der Waals surface area contributed by atoms with Gasteiger partial charge >= 0.3 is 0 Å². The first-order valence-electron chi connectivity index (χ1n) is 7.44. The second kappa shape index (κ2) is 8.87. The Balaban J connectivity index is 2.72. The summed E-state index contributed by atoms with van der Waals surface area (Å²) >= 11 is 0. The summed E-state index contributed by atoms with van der Waals surface area (Å²) in [4.78, 5) is 1.90. The average molecular weight is 296 g/mol. The van der Waals surface area contributed by atoms with Crippen molar-refractivity contribution >= 4 is 5.69 Å². The SMILES string of the molecule is CCCNC(C)c1ccc(N(C)CC(O)COC)cc1O. The van der Waals surface area contributed by atoms with E-state index in [0.29, 0.717) is 13.2 Å². The number of hydrogen-bond acceptors (Lipinski definition) is 5. The summed E-state index contributed by atoms with van der Waals surface area (Å²) in [6.45, 7) is 5.83. The molecule has 21 heavy (non-hydrogen) atoms. The molecule has 120 valence electrons. The molecule has 1 aromatic rings. The molecule has 5 nitrogen and oxygen atoms in total. The number of phenolic OH excluding ortho intramolecular Hbond substituents is 1. The highest BCUT2D eigenvalue weighted by Crippen LogP contribution is 2.28. The Labute approximate surface area is 127 Å². The van der Waals surface area contributed by atoms with E-state index in [4.69, 9.17) is 4.74 Å². The first-order valence-corrected chi connectivity index (χ1v) is 7.44. The second-order valence-corrected chi connectivity index (χ2v) is 5.41. The van der Waals surface area contributed by atoms with Gasteiger partial charge in [-0.15, -0.1) is 0 Å². The third kappa shape index (κ3) is 5.53. The molecule has 0 saturated carbocycles. The van der Waals surface area contributed by atoms with Crippen molar-refractivity contribution in [1.82, 2.24) is 5.32 Å². The summed E-state index contributed by atoms with van der Waals surface area (Å²) in [5, 5.41) is 23.3. The molecule has 0 radical (unpaired) electrons. The maximum absolute atomic E-state index is 10.2. The Kier molecular flexibility index (Phi) is 7.50. The van der Waals surface area contributed by atoms with Gasteiger partial charge in [0.2, 0.25) is 0 Å². The number of aliphatic hydroxyl groups excluding tert-OH is 1. The fraction of sp³-hybridized carbons (Fsp3) is 0.625. The monoisotopic (exact) mass is 296 g/mol. The van der Waals surface area contributed by atoms with Crippen molar-refractivity contribution in [2.24, 2.45) is 0 Å². The topological polar surface area (TPSA) is 65.0 Å². The van der Waals surface area contributed by atoms with Gasteiger partial charge < -0.3 is 25.2 Å². The molecule has 0 amide bonds. The molecule has 0 spiro atoms. The Morgan fingerprint density at radius 2 is 2.10 bits per heavy atom. The van der Waals surface area contributed by atoms with E-state index in [9.17, 15) is 10.2 Å². The summed E-state index contributed by atoms with van der Waals surface area (Å²) in [6, 6.07) is 5.73. The van der Waals surface area contributed by atoms with Crippen LogP contribution in [-0.2, 0) is 4.74 Å². The van der Waals surface area contributed by atoms with Crippen LogP contribution in [0.5, 0.6) is 5.75 Å². The minimum atomic E-state index is -0.549. The molecule has 1 aromatic carbocycles. The Bertz CT molecular complexity index is 426. The minimum Gasteiger partial charge on any atom is -0.508 e. The van der Waals surface area contributed by atoms with Gasteiger partial charge in [0.15, 0.2) is 0 Å². The normalized spacial score (nSPS) is 14.0. The van der Waals surface area contributed by atoms with Crippen LogP contribution in [0.4, 0.5) is 5.69 Å². The van der Waals surface area contributed by atoms with E-state index in [1.165, 1.54) is 0 Å². The Morgan fingerprint density at radius 1 is 1.38 bits per heavy atom.